The van der Waals surface area contributed by atoms with Crippen molar-refractivity contribution < 1.29 is 14.3 Å². The number of carbonyl (C=O) groups excluding carboxylic acids is 2. The second-order valence-electron chi connectivity index (χ2n) is 7.39. The van der Waals surface area contributed by atoms with E-state index in [1.807, 2.05) is 41.8 Å². The summed E-state index contributed by atoms with van der Waals surface area (Å²) in [5.41, 5.74) is 11.4. The lowest BCUT2D eigenvalue weighted by atomic mass is 10.1. The highest BCUT2D eigenvalue weighted by Crippen LogP contribution is 2.28. The monoisotopic (exact) mass is 583 g/mol. The van der Waals surface area contributed by atoms with Crippen molar-refractivity contribution in [3.05, 3.63) is 92.7 Å². The Kier molecular flexibility index (Phi) is 8.32. The number of nitrogens with one attached hydrogen (secondary N) is 2. The fraction of sp³-hybridized carbons (Fsp3) is 0.0400. The van der Waals surface area contributed by atoms with Crippen molar-refractivity contribution >= 4 is 67.7 Å². The Morgan fingerprint density at radius 3 is 2.56 bits per heavy atom. The van der Waals surface area contributed by atoms with Crippen LogP contribution in [0.2, 0.25) is 5.02 Å². The van der Waals surface area contributed by atoms with Gasteiger partial charge in [-0.05, 0) is 76.1 Å². The number of ether oxygens (including phenoxy) is 1. The summed E-state index contributed by atoms with van der Waals surface area (Å²) in [6, 6.07) is 19.6. The first-order chi connectivity index (χ1) is 17.4. The fourth-order valence-electron chi connectivity index (χ4n) is 3.01. The lowest BCUT2D eigenvalue weighted by molar-refractivity contribution is -0.119. The third kappa shape index (κ3) is 6.91. The van der Waals surface area contributed by atoms with Crippen LogP contribution in [0.1, 0.15) is 15.9 Å². The molecule has 2 amide bonds. The van der Waals surface area contributed by atoms with E-state index in [1.165, 1.54) is 17.6 Å². The number of halogens is 2. The standard InChI is InChI=1S/C25H19BrClN5O3S/c26-20-11-15(1-10-22(20)35-13-23(28)33)12-29-32-24(34)17-4-2-16(3-5-17)21-14-36-25(31-21)30-19-8-6-18(27)7-9-19/h1-12,14H,13H2,(H2,28,33)(H,30,31)(H,32,34)/b29-12-. The molecule has 0 saturated carbocycles. The van der Waals surface area contributed by atoms with Crippen molar-refractivity contribution in [1.29, 1.82) is 0 Å². The number of nitrogens with zero attached hydrogens (tertiary/aromatic N) is 2. The van der Waals surface area contributed by atoms with E-state index in [2.05, 4.69) is 36.8 Å². The largest absolute Gasteiger partial charge is 0.483 e. The molecule has 0 fully saturated rings. The molecule has 0 spiro atoms. The van der Waals surface area contributed by atoms with E-state index < -0.39 is 5.91 Å². The molecule has 0 saturated heterocycles. The summed E-state index contributed by atoms with van der Waals surface area (Å²) < 4.78 is 5.91. The van der Waals surface area contributed by atoms with Crippen molar-refractivity contribution in [1.82, 2.24) is 10.4 Å². The van der Waals surface area contributed by atoms with Crippen LogP contribution in [0.15, 0.2) is 81.7 Å². The number of hydrogen-bond acceptors (Lipinski definition) is 7. The first-order valence-corrected chi connectivity index (χ1v) is 12.5. The normalized spacial score (nSPS) is 10.8. The number of benzene rings is 3. The minimum Gasteiger partial charge on any atom is -0.483 e. The lowest BCUT2D eigenvalue weighted by Gasteiger charge is -2.06. The Morgan fingerprint density at radius 1 is 1.11 bits per heavy atom. The summed E-state index contributed by atoms with van der Waals surface area (Å²) in [5.74, 6) is -0.435. The lowest BCUT2D eigenvalue weighted by Crippen LogP contribution is -2.20. The molecular weight excluding hydrogens is 566 g/mol. The van der Waals surface area contributed by atoms with Gasteiger partial charge in [0.25, 0.3) is 11.8 Å². The van der Waals surface area contributed by atoms with Crippen molar-refractivity contribution in [2.45, 2.75) is 0 Å². The first kappa shape index (κ1) is 25.4. The molecule has 0 bridgehead atoms. The molecule has 0 radical (unpaired) electrons. The maximum atomic E-state index is 12.5. The average molecular weight is 585 g/mol. The molecule has 4 aromatic rings. The van der Waals surface area contributed by atoms with Gasteiger partial charge in [-0.25, -0.2) is 10.4 Å². The number of primary amides is 1. The molecule has 8 nitrogen and oxygen atoms in total. The molecule has 4 rings (SSSR count). The fourth-order valence-corrected chi connectivity index (χ4v) is 4.38. The maximum absolute atomic E-state index is 12.5. The molecule has 0 unspecified atom stereocenters. The Bertz CT molecular complexity index is 1410. The van der Waals surface area contributed by atoms with Crippen LogP contribution in [0.5, 0.6) is 5.75 Å². The van der Waals surface area contributed by atoms with Gasteiger partial charge in [0, 0.05) is 27.2 Å². The third-order valence-corrected chi connectivity index (χ3v) is 6.38. The van der Waals surface area contributed by atoms with Crippen LogP contribution in [0.4, 0.5) is 10.8 Å². The number of thiazole rings is 1. The van der Waals surface area contributed by atoms with E-state index >= 15 is 0 Å². The highest BCUT2D eigenvalue weighted by atomic mass is 79.9. The zero-order chi connectivity index (χ0) is 25.5. The van der Waals surface area contributed by atoms with Crippen molar-refractivity contribution in [3.8, 4) is 17.0 Å². The van der Waals surface area contributed by atoms with Gasteiger partial charge in [-0.15, -0.1) is 11.3 Å². The minimum absolute atomic E-state index is 0.217. The van der Waals surface area contributed by atoms with Crippen LogP contribution in [0.3, 0.4) is 0 Å². The summed E-state index contributed by atoms with van der Waals surface area (Å²) in [6.07, 6.45) is 1.50. The number of anilines is 2. The Morgan fingerprint density at radius 2 is 1.86 bits per heavy atom. The van der Waals surface area contributed by atoms with E-state index in [-0.39, 0.29) is 12.5 Å². The van der Waals surface area contributed by atoms with E-state index in [0.717, 1.165) is 27.6 Å². The summed E-state index contributed by atoms with van der Waals surface area (Å²) >= 11 is 10.8. The van der Waals surface area contributed by atoms with E-state index in [0.29, 0.717) is 20.8 Å². The highest BCUT2D eigenvalue weighted by molar-refractivity contribution is 9.10. The van der Waals surface area contributed by atoms with Crippen LogP contribution in [0, 0.1) is 0 Å². The second-order valence-corrected chi connectivity index (χ2v) is 9.54. The van der Waals surface area contributed by atoms with Gasteiger partial charge >= 0.3 is 0 Å². The first-order valence-electron chi connectivity index (χ1n) is 10.5. The number of carbonyl (C=O) groups is 2. The van der Waals surface area contributed by atoms with Gasteiger partial charge in [0.1, 0.15) is 5.75 Å². The predicted octanol–water partition coefficient (Wildman–Crippen LogP) is 5.60. The average Bonchev–Trinajstić information content (AvgIpc) is 3.33. The van der Waals surface area contributed by atoms with Gasteiger partial charge in [-0.1, -0.05) is 23.7 Å². The van der Waals surface area contributed by atoms with Crippen LogP contribution in [-0.2, 0) is 4.79 Å². The Hall–Kier alpha value is -3.73. The molecule has 11 heteroatoms. The van der Waals surface area contributed by atoms with Crippen LogP contribution >= 0.6 is 38.9 Å². The van der Waals surface area contributed by atoms with Crippen LogP contribution < -0.4 is 21.2 Å². The number of aromatic nitrogens is 1. The van der Waals surface area contributed by atoms with E-state index in [4.69, 9.17) is 22.1 Å². The highest BCUT2D eigenvalue weighted by Gasteiger charge is 2.09. The summed E-state index contributed by atoms with van der Waals surface area (Å²) in [7, 11) is 0. The summed E-state index contributed by atoms with van der Waals surface area (Å²) in [4.78, 5) is 27.9. The maximum Gasteiger partial charge on any atom is 0.271 e. The van der Waals surface area contributed by atoms with Crippen molar-refractivity contribution in [3.63, 3.8) is 0 Å². The Balaban J connectivity index is 1.33. The summed E-state index contributed by atoms with van der Waals surface area (Å²) in [5, 5.41) is 10.6. The molecule has 1 aromatic heterocycles. The zero-order valence-electron chi connectivity index (χ0n) is 18.6. The minimum atomic E-state index is -0.564. The van der Waals surface area contributed by atoms with Gasteiger partial charge in [0.2, 0.25) is 0 Å². The quantitative estimate of drug-likeness (QED) is 0.175. The topological polar surface area (TPSA) is 119 Å². The van der Waals surface area contributed by atoms with E-state index in [1.54, 1.807) is 30.3 Å². The molecular formula is C25H19BrClN5O3S. The molecule has 36 heavy (non-hydrogen) atoms. The number of nitrogens with two attached hydrogens (primary N) is 1. The number of rotatable bonds is 9. The second kappa shape index (κ2) is 11.8. The van der Waals surface area contributed by atoms with Crippen LogP contribution in [0.25, 0.3) is 11.3 Å². The molecule has 3 aromatic carbocycles. The number of hydrogen-bond donors (Lipinski definition) is 3. The van der Waals surface area contributed by atoms with Crippen molar-refractivity contribution in [2.24, 2.45) is 10.8 Å². The molecule has 0 aliphatic carbocycles. The Labute approximate surface area is 224 Å². The van der Waals surface area contributed by atoms with Gasteiger partial charge < -0.3 is 15.8 Å². The molecule has 0 aliphatic heterocycles. The molecule has 0 aliphatic rings. The summed E-state index contributed by atoms with van der Waals surface area (Å²) in [6.45, 7) is -0.217. The van der Waals surface area contributed by atoms with Gasteiger partial charge in [0.15, 0.2) is 11.7 Å². The molecule has 1 heterocycles. The number of hydrazone groups is 1. The van der Waals surface area contributed by atoms with Gasteiger partial charge in [-0.2, -0.15) is 5.10 Å². The third-order valence-electron chi connectivity index (χ3n) is 4.75. The molecule has 182 valence electrons. The van der Waals surface area contributed by atoms with Crippen molar-refractivity contribution in [2.75, 3.05) is 11.9 Å². The molecule has 4 N–H and O–H groups in total. The van der Waals surface area contributed by atoms with E-state index in [9.17, 15) is 9.59 Å². The van der Waals surface area contributed by atoms with Crippen LogP contribution in [-0.4, -0.2) is 29.6 Å². The smallest absolute Gasteiger partial charge is 0.271 e. The predicted molar refractivity (Wildman–Crippen MR) is 146 cm³/mol. The SMILES string of the molecule is NC(=O)COc1ccc(/C=N\NC(=O)c2ccc(-c3csc(Nc4ccc(Cl)cc4)n3)cc2)cc1Br. The van der Waals surface area contributed by atoms with Gasteiger partial charge in [0.05, 0.1) is 16.4 Å². The number of amides is 2. The zero-order valence-corrected chi connectivity index (χ0v) is 21.7. The van der Waals surface area contributed by atoms with Gasteiger partial charge in [-0.3, -0.25) is 9.59 Å². The molecule has 0 atom stereocenters.